The van der Waals surface area contributed by atoms with E-state index in [-0.39, 0.29) is 27.5 Å². The number of carbonyl (C=O) groups excluding carboxylic acids is 1. The van der Waals surface area contributed by atoms with Gasteiger partial charge in [-0.15, -0.1) is 0 Å². The summed E-state index contributed by atoms with van der Waals surface area (Å²) in [4.78, 5) is 34.0. The van der Waals surface area contributed by atoms with Gasteiger partial charge in [0.15, 0.2) is 10.9 Å². The standard InChI is InChI=1S/C24H21F2N3O4S/c25-16-13-18(26)21-20(14-16)34-24(27-21)29(7-3-6-28-8-10-32-11-9-28)22(30)17-12-15-4-1-2-5-19(15)33-23(17)31/h1-2,4-5,12-14H,3,6-11H2. The second-order valence-electron chi connectivity index (χ2n) is 7.98. The number of morpholine rings is 1. The molecule has 7 nitrogen and oxygen atoms in total. The third kappa shape index (κ3) is 4.56. The van der Waals surface area contributed by atoms with Crippen molar-refractivity contribution in [1.82, 2.24) is 9.88 Å². The normalized spacial score (nSPS) is 14.6. The summed E-state index contributed by atoms with van der Waals surface area (Å²) in [5.41, 5.74) is -0.547. The lowest BCUT2D eigenvalue weighted by atomic mass is 10.1. The number of para-hydroxylation sites is 1. The number of hydrogen-bond acceptors (Lipinski definition) is 7. The van der Waals surface area contributed by atoms with Gasteiger partial charge in [-0.2, -0.15) is 0 Å². The van der Waals surface area contributed by atoms with Gasteiger partial charge in [-0.25, -0.2) is 18.6 Å². The lowest BCUT2D eigenvalue weighted by Gasteiger charge is -2.27. The number of carbonyl (C=O) groups is 1. The fraction of sp³-hybridized carbons (Fsp3) is 0.292. The largest absolute Gasteiger partial charge is 0.422 e. The minimum Gasteiger partial charge on any atom is -0.422 e. The molecule has 0 aliphatic carbocycles. The van der Waals surface area contributed by atoms with Crippen LogP contribution in [0.3, 0.4) is 0 Å². The monoisotopic (exact) mass is 485 g/mol. The first-order valence-electron chi connectivity index (χ1n) is 10.9. The second-order valence-corrected chi connectivity index (χ2v) is 8.99. The van der Waals surface area contributed by atoms with Crippen molar-refractivity contribution in [2.45, 2.75) is 6.42 Å². The highest BCUT2D eigenvalue weighted by Gasteiger charge is 2.26. The molecule has 1 saturated heterocycles. The molecule has 0 radical (unpaired) electrons. The number of ether oxygens (including phenoxy) is 1. The van der Waals surface area contributed by atoms with Crippen LogP contribution in [0.1, 0.15) is 16.8 Å². The van der Waals surface area contributed by atoms with Crippen LogP contribution < -0.4 is 10.5 Å². The van der Waals surface area contributed by atoms with Gasteiger partial charge in [0, 0.05) is 37.6 Å². The van der Waals surface area contributed by atoms with Gasteiger partial charge in [0.05, 0.1) is 17.9 Å². The highest BCUT2D eigenvalue weighted by molar-refractivity contribution is 7.22. The molecule has 1 amide bonds. The number of hydrogen-bond donors (Lipinski definition) is 0. The fourth-order valence-corrected chi connectivity index (χ4v) is 5.01. The highest BCUT2D eigenvalue weighted by atomic mass is 32.1. The molecule has 5 rings (SSSR count). The Kier molecular flexibility index (Phi) is 6.36. The number of benzene rings is 2. The van der Waals surface area contributed by atoms with E-state index in [0.29, 0.717) is 37.1 Å². The van der Waals surface area contributed by atoms with Crippen LogP contribution in [-0.2, 0) is 4.74 Å². The van der Waals surface area contributed by atoms with Crippen LogP contribution >= 0.6 is 11.3 Å². The Hall–Kier alpha value is -3.21. The number of nitrogens with zero attached hydrogens (tertiary/aromatic N) is 3. The van der Waals surface area contributed by atoms with Gasteiger partial charge >= 0.3 is 5.63 Å². The Labute approximate surface area is 197 Å². The molecule has 0 saturated carbocycles. The van der Waals surface area contributed by atoms with E-state index >= 15 is 0 Å². The van der Waals surface area contributed by atoms with Crippen molar-refractivity contribution in [3.05, 3.63) is 70.1 Å². The number of amides is 1. The molecule has 0 N–H and O–H groups in total. The van der Waals surface area contributed by atoms with Crippen molar-refractivity contribution in [3.8, 4) is 0 Å². The molecule has 0 unspecified atom stereocenters. The summed E-state index contributed by atoms with van der Waals surface area (Å²) in [6, 6.07) is 10.3. The van der Waals surface area contributed by atoms with Crippen LogP contribution in [0.15, 0.2) is 51.7 Å². The van der Waals surface area contributed by atoms with Crippen molar-refractivity contribution in [2.24, 2.45) is 0 Å². The van der Waals surface area contributed by atoms with Crippen molar-refractivity contribution in [2.75, 3.05) is 44.3 Å². The lowest BCUT2D eigenvalue weighted by molar-refractivity contribution is 0.0376. The van der Waals surface area contributed by atoms with Gasteiger partial charge in [0.1, 0.15) is 22.5 Å². The van der Waals surface area contributed by atoms with Crippen LogP contribution in [0.5, 0.6) is 0 Å². The summed E-state index contributed by atoms with van der Waals surface area (Å²) in [7, 11) is 0. The summed E-state index contributed by atoms with van der Waals surface area (Å²) >= 11 is 1.000. The predicted molar refractivity (Wildman–Crippen MR) is 126 cm³/mol. The van der Waals surface area contributed by atoms with Crippen molar-refractivity contribution >= 4 is 43.6 Å². The first-order valence-corrected chi connectivity index (χ1v) is 11.7. The molecule has 4 aromatic rings. The zero-order valence-electron chi connectivity index (χ0n) is 18.1. The summed E-state index contributed by atoms with van der Waals surface area (Å²) in [6.45, 7) is 3.87. The first-order chi connectivity index (χ1) is 16.5. The van der Waals surface area contributed by atoms with Crippen molar-refractivity contribution in [1.29, 1.82) is 0 Å². The second kappa shape index (κ2) is 9.57. The summed E-state index contributed by atoms with van der Waals surface area (Å²) < 4.78 is 39.0. The minimum absolute atomic E-state index is 0.0158. The van der Waals surface area contributed by atoms with Gasteiger partial charge in [0.25, 0.3) is 5.91 Å². The number of anilines is 1. The quantitative estimate of drug-likeness (QED) is 0.384. The zero-order chi connectivity index (χ0) is 23.7. The van der Waals surface area contributed by atoms with E-state index in [1.807, 2.05) is 0 Å². The molecule has 1 aliphatic heterocycles. The molecule has 10 heteroatoms. The van der Waals surface area contributed by atoms with Crippen LogP contribution in [0.2, 0.25) is 0 Å². The van der Waals surface area contributed by atoms with Crippen LogP contribution in [0, 0.1) is 11.6 Å². The third-order valence-electron chi connectivity index (χ3n) is 5.71. The van der Waals surface area contributed by atoms with Crippen LogP contribution in [-0.4, -0.2) is 55.2 Å². The first kappa shape index (κ1) is 22.6. The smallest absolute Gasteiger partial charge is 0.349 e. The van der Waals surface area contributed by atoms with E-state index in [1.54, 1.807) is 24.3 Å². The molecule has 2 aromatic heterocycles. The molecular weight excluding hydrogens is 464 g/mol. The number of thiazole rings is 1. The zero-order valence-corrected chi connectivity index (χ0v) is 18.9. The molecular formula is C24H21F2N3O4S. The average Bonchev–Trinajstić information content (AvgIpc) is 3.25. The fourth-order valence-electron chi connectivity index (χ4n) is 3.98. The molecule has 0 bridgehead atoms. The van der Waals surface area contributed by atoms with Gasteiger partial charge in [-0.1, -0.05) is 29.5 Å². The topological polar surface area (TPSA) is 75.9 Å². The minimum atomic E-state index is -0.802. The maximum atomic E-state index is 14.3. The maximum absolute atomic E-state index is 14.3. The molecule has 34 heavy (non-hydrogen) atoms. The summed E-state index contributed by atoms with van der Waals surface area (Å²) in [6.07, 6.45) is 0.595. The number of fused-ring (bicyclic) bond motifs is 2. The number of rotatable bonds is 6. The number of halogens is 2. The van der Waals surface area contributed by atoms with Crippen LogP contribution in [0.25, 0.3) is 21.2 Å². The Morgan fingerprint density at radius 1 is 1.15 bits per heavy atom. The molecule has 0 spiro atoms. The van der Waals surface area contributed by atoms with Crippen molar-refractivity contribution in [3.63, 3.8) is 0 Å². The van der Waals surface area contributed by atoms with Gasteiger partial charge in [-0.3, -0.25) is 14.6 Å². The van der Waals surface area contributed by atoms with Gasteiger partial charge in [-0.05, 0) is 24.6 Å². The Morgan fingerprint density at radius 3 is 2.76 bits per heavy atom. The Bertz CT molecular complexity index is 1410. The summed E-state index contributed by atoms with van der Waals surface area (Å²) in [5, 5.41) is 0.801. The van der Waals surface area contributed by atoms with Gasteiger partial charge in [0.2, 0.25) is 0 Å². The number of aromatic nitrogens is 1. The van der Waals surface area contributed by atoms with E-state index in [4.69, 9.17) is 9.15 Å². The SMILES string of the molecule is O=C(c1cc2ccccc2oc1=O)N(CCCN1CCOCC1)c1nc2c(F)cc(F)cc2s1. The van der Waals surface area contributed by atoms with Gasteiger partial charge < -0.3 is 9.15 Å². The van der Waals surface area contributed by atoms with E-state index in [2.05, 4.69) is 9.88 Å². The lowest BCUT2D eigenvalue weighted by Crippen LogP contribution is -2.40. The predicted octanol–water partition coefficient (Wildman–Crippen LogP) is 4.05. The van der Waals surface area contributed by atoms with E-state index < -0.39 is 23.2 Å². The third-order valence-corrected chi connectivity index (χ3v) is 6.73. The molecule has 1 fully saturated rings. The highest BCUT2D eigenvalue weighted by Crippen LogP contribution is 2.32. The average molecular weight is 486 g/mol. The maximum Gasteiger partial charge on any atom is 0.349 e. The summed E-state index contributed by atoms with van der Waals surface area (Å²) in [5.74, 6) is -2.12. The molecule has 2 aromatic carbocycles. The molecule has 0 atom stereocenters. The van der Waals surface area contributed by atoms with Crippen molar-refractivity contribution < 1.29 is 22.7 Å². The van der Waals surface area contributed by atoms with E-state index in [0.717, 1.165) is 30.5 Å². The molecule has 1 aliphatic rings. The molecule has 176 valence electrons. The van der Waals surface area contributed by atoms with E-state index in [1.165, 1.54) is 17.0 Å². The van der Waals surface area contributed by atoms with E-state index in [9.17, 15) is 18.4 Å². The Balaban J connectivity index is 1.49. The molecule has 3 heterocycles. The van der Waals surface area contributed by atoms with Crippen LogP contribution in [0.4, 0.5) is 13.9 Å². The Morgan fingerprint density at radius 2 is 1.94 bits per heavy atom.